The molecule has 1 aliphatic heterocycles. The van der Waals surface area contributed by atoms with Crippen LogP contribution < -0.4 is 10.6 Å². The number of nitrogens with zero attached hydrogens (tertiary/aromatic N) is 2. The number of aliphatic hydroxyl groups excluding tert-OH is 1. The van der Waals surface area contributed by atoms with Gasteiger partial charge in [0.25, 0.3) is 0 Å². The number of hydrogen-bond donors (Lipinski definition) is 4. The molecule has 49 heavy (non-hydrogen) atoms. The lowest BCUT2D eigenvalue weighted by molar-refractivity contribution is -0.140. The zero-order valence-corrected chi connectivity index (χ0v) is 28.7. The van der Waals surface area contributed by atoms with E-state index < -0.39 is 24.1 Å². The molecule has 3 heterocycles. The van der Waals surface area contributed by atoms with Crippen LogP contribution in [0.25, 0.3) is 10.8 Å². The number of nitrogens with one attached hydrogen (secondary N) is 3. The lowest BCUT2D eigenvalue weighted by atomic mass is 9.83. The van der Waals surface area contributed by atoms with E-state index >= 15 is 0 Å². The van der Waals surface area contributed by atoms with Crippen molar-refractivity contribution in [1.29, 1.82) is 0 Å². The highest BCUT2D eigenvalue weighted by atomic mass is 32.1. The molecule has 4 aromatic rings. The Morgan fingerprint density at radius 3 is 2.51 bits per heavy atom. The van der Waals surface area contributed by atoms with Crippen molar-refractivity contribution in [3.63, 3.8) is 0 Å². The fraction of sp³-hybridized carbons (Fsp3) is 0.474. The molecule has 260 valence electrons. The number of morpholine rings is 1. The highest BCUT2D eigenvalue weighted by Crippen LogP contribution is 2.32. The summed E-state index contributed by atoms with van der Waals surface area (Å²) in [5, 5.41) is 21.7. The number of hydrogen-bond acceptors (Lipinski definition) is 7. The van der Waals surface area contributed by atoms with E-state index in [1.54, 1.807) is 17.4 Å². The molecule has 2 aromatic carbocycles. The number of thiophene rings is 1. The number of imidazole rings is 1. The number of ether oxygens (including phenoxy) is 1. The van der Waals surface area contributed by atoms with Crippen LogP contribution in [-0.2, 0) is 32.0 Å². The van der Waals surface area contributed by atoms with Gasteiger partial charge in [0.2, 0.25) is 17.7 Å². The largest absolute Gasteiger partial charge is 0.385 e. The van der Waals surface area contributed by atoms with E-state index in [9.17, 15) is 19.5 Å². The van der Waals surface area contributed by atoms with Gasteiger partial charge >= 0.3 is 0 Å². The Balaban J connectivity index is 1.24. The van der Waals surface area contributed by atoms with Gasteiger partial charge in [-0.15, -0.1) is 11.3 Å². The Kier molecular flexibility index (Phi) is 12.1. The van der Waals surface area contributed by atoms with E-state index in [0.717, 1.165) is 46.9 Å². The highest BCUT2D eigenvalue weighted by molar-refractivity contribution is 7.10. The molecule has 0 bridgehead atoms. The van der Waals surface area contributed by atoms with Crippen LogP contribution in [0.1, 0.15) is 67.2 Å². The van der Waals surface area contributed by atoms with Gasteiger partial charge in [0, 0.05) is 37.0 Å². The topological polar surface area (TPSA) is 137 Å². The molecule has 1 saturated heterocycles. The summed E-state index contributed by atoms with van der Waals surface area (Å²) in [4.78, 5) is 51.9. The third kappa shape index (κ3) is 9.35. The molecule has 0 spiro atoms. The highest BCUT2D eigenvalue weighted by Gasteiger charge is 2.33. The minimum atomic E-state index is -0.964. The number of H-pyrrole nitrogens is 1. The number of fused-ring (bicyclic) bond motifs is 1. The zero-order valence-electron chi connectivity index (χ0n) is 27.9. The third-order valence-corrected chi connectivity index (χ3v) is 10.9. The Bertz CT molecular complexity index is 1640. The van der Waals surface area contributed by atoms with Gasteiger partial charge in [-0.1, -0.05) is 80.6 Å². The molecule has 3 amide bonds. The van der Waals surface area contributed by atoms with Crippen molar-refractivity contribution in [1.82, 2.24) is 25.5 Å². The van der Waals surface area contributed by atoms with Crippen LogP contribution in [0.3, 0.4) is 0 Å². The monoisotopic (exact) mass is 685 g/mol. The van der Waals surface area contributed by atoms with Crippen LogP contribution in [0.4, 0.5) is 0 Å². The quantitative estimate of drug-likeness (QED) is 0.148. The van der Waals surface area contributed by atoms with Crippen LogP contribution >= 0.6 is 11.3 Å². The Morgan fingerprint density at radius 2 is 1.76 bits per heavy atom. The summed E-state index contributed by atoms with van der Waals surface area (Å²) in [6, 6.07) is 16.3. The van der Waals surface area contributed by atoms with Crippen LogP contribution in [0.5, 0.6) is 0 Å². The van der Waals surface area contributed by atoms with Gasteiger partial charge in [-0.2, -0.15) is 0 Å². The van der Waals surface area contributed by atoms with Crippen molar-refractivity contribution in [3.05, 3.63) is 88.6 Å². The first kappa shape index (κ1) is 34.8. The first-order valence-corrected chi connectivity index (χ1v) is 18.4. The second kappa shape index (κ2) is 17.0. The van der Waals surface area contributed by atoms with Crippen molar-refractivity contribution in [3.8, 4) is 0 Å². The average molecular weight is 686 g/mol. The number of rotatable bonds is 14. The molecule has 2 fully saturated rings. The van der Waals surface area contributed by atoms with Gasteiger partial charge in [0.05, 0.1) is 37.2 Å². The first-order valence-electron chi connectivity index (χ1n) is 17.6. The number of carbonyl (C=O) groups excluding carboxylic acids is 3. The molecule has 0 unspecified atom stereocenters. The summed E-state index contributed by atoms with van der Waals surface area (Å²) < 4.78 is 5.45. The number of aromatic nitrogens is 2. The molecule has 11 heteroatoms. The molecular formula is C38H47N5O5S. The lowest BCUT2D eigenvalue weighted by Crippen LogP contribution is -2.54. The van der Waals surface area contributed by atoms with Gasteiger partial charge in [-0.25, -0.2) is 4.98 Å². The summed E-state index contributed by atoms with van der Waals surface area (Å²) in [5.41, 5.74) is 1.59. The van der Waals surface area contributed by atoms with Gasteiger partial charge < -0.3 is 30.4 Å². The molecule has 4 atom stereocenters. The van der Waals surface area contributed by atoms with Crippen molar-refractivity contribution in [2.24, 2.45) is 11.8 Å². The molecule has 10 nitrogen and oxygen atoms in total. The fourth-order valence-electron chi connectivity index (χ4n) is 7.25. The molecule has 2 aliphatic rings. The van der Waals surface area contributed by atoms with Gasteiger partial charge in [-0.3, -0.25) is 14.4 Å². The summed E-state index contributed by atoms with van der Waals surface area (Å²) in [5.74, 6) is -1.16. The summed E-state index contributed by atoms with van der Waals surface area (Å²) in [6.07, 6.45) is 9.22. The molecular weight excluding hydrogens is 639 g/mol. The van der Waals surface area contributed by atoms with E-state index in [-0.39, 0.29) is 30.6 Å². The third-order valence-electron chi connectivity index (χ3n) is 9.96. The second-order valence-electron chi connectivity index (χ2n) is 13.4. The summed E-state index contributed by atoms with van der Waals surface area (Å²) in [6.45, 7) is 1.91. The summed E-state index contributed by atoms with van der Waals surface area (Å²) >= 11 is 1.47. The maximum Gasteiger partial charge on any atom is 0.243 e. The SMILES string of the molecule is O=C(N[C@@H](Cc1c[nH]cn1)C(=O)N[C@H](CC1CCCCC1)[C@H](O)c1cccs1)[C@@H](CC(=O)N1CCOCC1)Cc1cccc2ccccc12. The molecule has 6 rings (SSSR count). The van der Waals surface area contributed by atoms with Crippen molar-refractivity contribution in [2.45, 2.75) is 76.0 Å². The average Bonchev–Trinajstić information content (AvgIpc) is 3.87. The smallest absolute Gasteiger partial charge is 0.243 e. The van der Waals surface area contributed by atoms with Crippen molar-refractivity contribution < 1.29 is 24.2 Å². The molecule has 1 saturated carbocycles. The molecule has 4 N–H and O–H groups in total. The Hall–Kier alpha value is -4.06. The number of amides is 3. The lowest BCUT2D eigenvalue weighted by Gasteiger charge is -2.31. The number of aliphatic hydroxyl groups is 1. The fourth-order valence-corrected chi connectivity index (χ4v) is 8.02. The normalized spacial score (nSPS) is 18.0. The first-order chi connectivity index (χ1) is 23.9. The van der Waals surface area contributed by atoms with Gasteiger partial charge in [0.15, 0.2) is 0 Å². The number of benzene rings is 2. The van der Waals surface area contributed by atoms with E-state index in [1.165, 1.54) is 17.8 Å². The number of carbonyl (C=O) groups is 3. The minimum Gasteiger partial charge on any atom is -0.385 e. The molecule has 0 radical (unpaired) electrons. The van der Waals surface area contributed by atoms with E-state index in [0.29, 0.717) is 50.8 Å². The minimum absolute atomic E-state index is 0.00714. The Morgan fingerprint density at radius 1 is 0.959 bits per heavy atom. The predicted octanol–water partition coefficient (Wildman–Crippen LogP) is 4.95. The van der Waals surface area contributed by atoms with Crippen molar-refractivity contribution >= 4 is 39.8 Å². The van der Waals surface area contributed by atoms with E-state index in [1.807, 2.05) is 60.0 Å². The predicted molar refractivity (Wildman–Crippen MR) is 190 cm³/mol. The maximum atomic E-state index is 14.3. The van der Waals surface area contributed by atoms with E-state index in [2.05, 4.69) is 20.6 Å². The second-order valence-corrected chi connectivity index (χ2v) is 14.4. The van der Waals surface area contributed by atoms with Crippen LogP contribution in [-0.4, -0.2) is 76.1 Å². The standard InChI is InChI=1S/C38H47N5O5S/c44-35(43-15-17-48-18-16-43)22-29(21-28-12-6-11-27-10-4-5-13-31(27)28)37(46)42-33(23-30-24-39-25-40-30)38(47)41-32(20-26-8-2-1-3-9-26)36(45)34-14-7-19-49-34/h4-7,10-14,19,24-26,29,32-33,36,45H,1-3,8-9,15-18,20-23H2,(H,39,40)(H,41,47)(H,42,46)/t29-,32-,33+,36+/m1/s1. The summed E-state index contributed by atoms with van der Waals surface area (Å²) in [7, 11) is 0. The number of aromatic amines is 1. The maximum absolute atomic E-state index is 14.3. The van der Waals surface area contributed by atoms with Crippen LogP contribution in [0.2, 0.25) is 0 Å². The van der Waals surface area contributed by atoms with Crippen LogP contribution in [0, 0.1) is 11.8 Å². The van der Waals surface area contributed by atoms with E-state index in [4.69, 9.17) is 4.74 Å². The Labute approximate surface area is 291 Å². The van der Waals surface area contributed by atoms with Crippen LogP contribution in [0.15, 0.2) is 72.5 Å². The molecule has 2 aromatic heterocycles. The van der Waals surface area contributed by atoms with Crippen molar-refractivity contribution in [2.75, 3.05) is 26.3 Å². The molecule has 1 aliphatic carbocycles. The van der Waals surface area contributed by atoms with Gasteiger partial charge in [-0.05, 0) is 46.5 Å². The van der Waals surface area contributed by atoms with Gasteiger partial charge in [0.1, 0.15) is 12.1 Å². The zero-order chi connectivity index (χ0) is 34.0.